The highest BCUT2D eigenvalue weighted by Gasteiger charge is 2.35. The summed E-state index contributed by atoms with van der Waals surface area (Å²) in [5.74, 6) is 0.939. The Hall–Kier alpha value is -2.96. The van der Waals surface area contributed by atoms with Gasteiger partial charge in [-0.15, -0.1) is 11.3 Å². The van der Waals surface area contributed by atoms with Crippen molar-refractivity contribution in [3.63, 3.8) is 0 Å². The molecule has 1 aromatic carbocycles. The van der Waals surface area contributed by atoms with E-state index in [1.807, 2.05) is 13.8 Å². The summed E-state index contributed by atoms with van der Waals surface area (Å²) in [6, 6.07) is 4.91. The van der Waals surface area contributed by atoms with Crippen molar-refractivity contribution in [1.29, 1.82) is 0 Å². The Morgan fingerprint density at radius 1 is 1.17 bits per heavy atom. The van der Waals surface area contributed by atoms with Crippen molar-refractivity contribution in [2.75, 3.05) is 32.6 Å². The number of thiophene rings is 1. The lowest BCUT2D eigenvalue weighted by atomic mass is 9.94. The summed E-state index contributed by atoms with van der Waals surface area (Å²) in [7, 11) is -0.906. The predicted octanol–water partition coefficient (Wildman–Crippen LogP) is 3.09. The Morgan fingerprint density at radius 2 is 1.83 bits per heavy atom. The topological polar surface area (TPSA) is 120 Å². The van der Waals surface area contributed by atoms with E-state index in [9.17, 15) is 18.0 Å². The van der Waals surface area contributed by atoms with Crippen LogP contribution in [-0.4, -0.2) is 55.5 Å². The monoisotopic (exact) mass is 534 g/mol. The molecule has 1 N–H and O–H groups in total. The van der Waals surface area contributed by atoms with Crippen LogP contribution in [0.3, 0.4) is 0 Å². The molecule has 3 heterocycles. The van der Waals surface area contributed by atoms with Gasteiger partial charge < -0.3 is 14.8 Å². The average Bonchev–Trinajstić information content (AvgIpc) is 3.17. The van der Waals surface area contributed by atoms with Gasteiger partial charge in [-0.2, -0.15) is 4.31 Å². The number of anilines is 1. The molecule has 194 valence electrons. The maximum absolute atomic E-state index is 13.7. The normalized spacial score (nSPS) is 18.8. The minimum atomic E-state index is -3.91. The van der Waals surface area contributed by atoms with Crippen molar-refractivity contribution in [3.05, 3.63) is 39.8 Å². The lowest BCUT2D eigenvalue weighted by Crippen LogP contribution is -2.42. The number of aryl methyl sites for hydroxylation is 1. The SMILES string of the molecule is COc1ccc(NC(=O)Cn2cnc3sc(C)c(S(=O)(=O)N4CC(C)CC(C)C4)c3c2=O)cc1OC. The third kappa shape index (κ3) is 4.97. The number of carbonyl (C=O) groups excluding carboxylic acids is 1. The largest absolute Gasteiger partial charge is 0.493 e. The molecular formula is C24H30N4O6S2. The van der Waals surface area contributed by atoms with E-state index in [-0.39, 0.29) is 28.7 Å². The first-order valence-electron chi connectivity index (χ1n) is 11.6. The number of nitrogens with one attached hydrogen (secondary N) is 1. The van der Waals surface area contributed by atoms with E-state index in [1.165, 1.54) is 36.2 Å². The quantitative estimate of drug-likeness (QED) is 0.495. The summed E-state index contributed by atoms with van der Waals surface area (Å²) in [5, 5.41) is 2.75. The van der Waals surface area contributed by atoms with Gasteiger partial charge in [0.25, 0.3) is 5.56 Å². The minimum Gasteiger partial charge on any atom is -0.493 e. The van der Waals surface area contributed by atoms with E-state index < -0.39 is 21.5 Å². The molecule has 0 aliphatic carbocycles. The zero-order valence-electron chi connectivity index (χ0n) is 20.9. The van der Waals surface area contributed by atoms with Crippen molar-refractivity contribution >= 4 is 43.2 Å². The van der Waals surface area contributed by atoms with Gasteiger partial charge in [-0.05, 0) is 37.3 Å². The number of rotatable bonds is 7. The number of amides is 1. The van der Waals surface area contributed by atoms with Gasteiger partial charge in [0.05, 0.1) is 25.9 Å². The summed E-state index contributed by atoms with van der Waals surface area (Å²) in [5.41, 5.74) is -0.105. The van der Waals surface area contributed by atoms with Gasteiger partial charge in [0.2, 0.25) is 15.9 Å². The molecule has 36 heavy (non-hydrogen) atoms. The average molecular weight is 535 g/mol. The van der Waals surface area contributed by atoms with Crippen LogP contribution in [0.5, 0.6) is 11.5 Å². The van der Waals surface area contributed by atoms with E-state index in [0.29, 0.717) is 40.0 Å². The van der Waals surface area contributed by atoms with Crippen LogP contribution in [0, 0.1) is 18.8 Å². The summed E-state index contributed by atoms with van der Waals surface area (Å²) in [6.07, 6.45) is 2.23. The molecule has 0 bridgehead atoms. The van der Waals surface area contributed by atoms with Gasteiger partial charge in [0, 0.05) is 29.7 Å². The first-order chi connectivity index (χ1) is 17.0. The molecule has 1 aliphatic heterocycles. The van der Waals surface area contributed by atoms with E-state index in [2.05, 4.69) is 10.3 Å². The summed E-state index contributed by atoms with van der Waals surface area (Å²) in [6.45, 7) is 6.23. The molecule has 1 aliphatic rings. The minimum absolute atomic E-state index is 0.00375. The van der Waals surface area contributed by atoms with E-state index in [0.717, 1.165) is 11.0 Å². The van der Waals surface area contributed by atoms with Gasteiger partial charge in [-0.1, -0.05) is 13.8 Å². The zero-order chi connectivity index (χ0) is 26.2. The van der Waals surface area contributed by atoms with Crippen LogP contribution in [0.25, 0.3) is 10.2 Å². The van der Waals surface area contributed by atoms with Crippen LogP contribution in [-0.2, 0) is 21.4 Å². The Labute approximate surface area is 213 Å². The second-order valence-electron chi connectivity index (χ2n) is 9.23. The number of fused-ring (bicyclic) bond motifs is 1. The molecule has 1 saturated heterocycles. The fraction of sp³-hybridized carbons (Fsp3) is 0.458. The number of ether oxygens (including phenoxy) is 2. The molecule has 3 aromatic rings. The fourth-order valence-electron chi connectivity index (χ4n) is 4.74. The van der Waals surface area contributed by atoms with Crippen LogP contribution < -0.4 is 20.3 Å². The first-order valence-corrected chi connectivity index (χ1v) is 13.8. The first kappa shape index (κ1) is 26.1. The van der Waals surface area contributed by atoms with E-state index >= 15 is 0 Å². The van der Waals surface area contributed by atoms with Crippen LogP contribution in [0.2, 0.25) is 0 Å². The molecule has 2 unspecified atom stereocenters. The third-order valence-corrected chi connectivity index (χ3v) is 9.36. The molecule has 1 fully saturated rings. The summed E-state index contributed by atoms with van der Waals surface area (Å²) in [4.78, 5) is 31.3. The Bertz CT molecular complexity index is 1450. The number of methoxy groups -OCH3 is 2. The number of nitrogens with zero attached hydrogens (tertiary/aromatic N) is 3. The second-order valence-corrected chi connectivity index (χ2v) is 12.3. The lowest BCUT2D eigenvalue weighted by Gasteiger charge is -2.34. The van der Waals surface area contributed by atoms with Crippen LogP contribution in [0.1, 0.15) is 25.1 Å². The number of benzene rings is 1. The van der Waals surface area contributed by atoms with Gasteiger partial charge in [0.15, 0.2) is 11.5 Å². The standard InChI is InChI=1S/C24H30N4O6S2/c1-14-8-15(2)11-28(10-14)36(31,32)22-16(3)35-23-21(22)24(30)27(13-25-23)12-20(29)26-17-6-7-18(33-4)19(9-17)34-5/h6-7,9,13-15H,8,10-12H2,1-5H3,(H,26,29). The van der Waals surface area contributed by atoms with Gasteiger partial charge in [0.1, 0.15) is 16.3 Å². The Morgan fingerprint density at radius 3 is 2.47 bits per heavy atom. The lowest BCUT2D eigenvalue weighted by molar-refractivity contribution is -0.116. The van der Waals surface area contributed by atoms with Crippen molar-refractivity contribution in [3.8, 4) is 11.5 Å². The van der Waals surface area contributed by atoms with Crippen LogP contribution >= 0.6 is 11.3 Å². The Balaban J connectivity index is 1.65. The highest BCUT2D eigenvalue weighted by molar-refractivity contribution is 7.89. The number of sulfonamides is 1. The number of hydrogen-bond acceptors (Lipinski definition) is 8. The number of carbonyl (C=O) groups is 1. The van der Waals surface area contributed by atoms with Crippen LogP contribution in [0.15, 0.2) is 34.2 Å². The number of aromatic nitrogens is 2. The fourth-order valence-corrected chi connectivity index (χ4v) is 8.08. The number of piperidine rings is 1. The molecule has 10 nitrogen and oxygen atoms in total. The second kappa shape index (κ2) is 10.2. The number of hydrogen-bond donors (Lipinski definition) is 1. The van der Waals surface area contributed by atoms with Gasteiger partial charge in [-0.3, -0.25) is 14.2 Å². The molecular weight excluding hydrogens is 504 g/mol. The zero-order valence-corrected chi connectivity index (χ0v) is 22.5. The van der Waals surface area contributed by atoms with Gasteiger partial charge in [-0.25, -0.2) is 13.4 Å². The summed E-state index contributed by atoms with van der Waals surface area (Å²) < 4.78 is 40.4. The molecule has 4 rings (SSSR count). The smallest absolute Gasteiger partial charge is 0.263 e. The molecule has 0 saturated carbocycles. The van der Waals surface area contributed by atoms with Crippen molar-refractivity contribution in [2.24, 2.45) is 11.8 Å². The maximum Gasteiger partial charge on any atom is 0.263 e. The highest BCUT2D eigenvalue weighted by atomic mass is 32.2. The molecule has 0 radical (unpaired) electrons. The van der Waals surface area contributed by atoms with Crippen LogP contribution in [0.4, 0.5) is 5.69 Å². The van der Waals surface area contributed by atoms with Crippen molar-refractivity contribution in [2.45, 2.75) is 38.6 Å². The summed E-state index contributed by atoms with van der Waals surface area (Å²) >= 11 is 1.17. The third-order valence-electron chi connectivity index (χ3n) is 6.21. The van der Waals surface area contributed by atoms with Crippen molar-refractivity contribution < 1.29 is 22.7 Å². The molecule has 12 heteroatoms. The molecule has 0 spiro atoms. The highest BCUT2D eigenvalue weighted by Crippen LogP contribution is 2.35. The maximum atomic E-state index is 13.7. The van der Waals surface area contributed by atoms with E-state index in [1.54, 1.807) is 25.1 Å². The molecule has 2 aromatic heterocycles. The Kier molecular flexibility index (Phi) is 7.39. The predicted molar refractivity (Wildman–Crippen MR) is 138 cm³/mol. The molecule has 1 amide bonds. The molecule has 2 atom stereocenters. The van der Waals surface area contributed by atoms with Gasteiger partial charge >= 0.3 is 0 Å². The van der Waals surface area contributed by atoms with E-state index in [4.69, 9.17) is 9.47 Å². The van der Waals surface area contributed by atoms with Crippen molar-refractivity contribution in [1.82, 2.24) is 13.9 Å².